The van der Waals surface area contributed by atoms with Gasteiger partial charge in [-0.2, -0.15) is 0 Å². The van der Waals surface area contributed by atoms with Gasteiger partial charge in [-0.05, 0) is 31.0 Å². The highest BCUT2D eigenvalue weighted by atomic mass is 16.5. The van der Waals surface area contributed by atoms with Crippen molar-refractivity contribution in [1.82, 2.24) is 5.32 Å². The minimum atomic E-state index is 0.0630. The van der Waals surface area contributed by atoms with Gasteiger partial charge in [-0.1, -0.05) is 31.4 Å². The molecule has 104 valence electrons. The molecule has 0 saturated heterocycles. The molecule has 0 fully saturated rings. The highest BCUT2D eigenvalue weighted by Crippen LogP contribution is 2.19. The summed E-state index contributed by atoms with van der Waals surface area (Å²) in [6.45, 7) is 5.27. The van der Waals surface area contributed by atoms with Crippen molar-refractivity contribution in [2.75, 3.05) is 13.2 Å². The van der Waals surface area contributed by atoms with E-state index >= 15 is 0 Å². The van der Waals surface area contributed by atoms with E-state index in [1.54, 1.807) is 0 Å². The van der Waals surface area contributed by atoms with Crippen LogP contribution in [-0.2, 0) is 0 Å². The van der Waals surface area contributed by atoms with Crippen LogP contribution in [0.1, 0.15) is 38.3 Å². The zero-order valence-electron chi connectivity index (χ0n) is 11.9. The van der Waals surface area contributed by atoms with Crippen molar-refractivity contribution >= 4 is 0 Å². The Morgan fingerprint density at radius 1 is 1.42 bits per heavy atom. The van der Waals surface area contributed by atoms with Gasteiger partial charge in [-0.15, -0.1) is 6.42 Å². The Balaban J connectivity index is 2.78. The van der Waals surface area contributed by atoms with Crippen molar-refractivity contribution < 1.29 is 4.74 Å². The average Bonchev–Trinajstić information content (AvgIpc) is 2.44. The van der Waals surface area contributed by atoms with E-state index < -0.39 is 0 Å². The Bertz CT molecular complexity index is 411. The minimum Gasteiger partial charge on any atom is -0.494 e. The third-order valence-electron chi connectivity index (χ3n) is 2.99. The standard InChI is InChI=1S/C16H24N2O/c1-4-8-14(5-2)18-16(12-17)13-9-7-10-15(11-13)19-6-3/h2,7,9-11,14,16,18H,4,6,8,12,17H2,1,3H3. The van der Waals surface area contributed by atoms with E-state index in [9.17, 15) is 0 Å². The van der Waals surface area contributed by atoms with Gasteiger partial charge in [0, 0.05) is 12.6 Å². The molecular formula is C16H24N2O. The first-order valence-corrected chi connectivity index (χ1v) is 6.90. The molecule has 0 saturated carbocycles. The van der Waals surface area contributed by atoms with Crippen LogP contribution in [-0.4, -0.2) is 19.2 Å². The first-order valence-electron chi connectivity index (χ1n) is 6.90. The Hall–Kier alpha value is -1.50. The summed E-state index contributed by atoms with van der Waals surface area (Å²) in [6.07, 6.45) is 7.55. The van der Waals surface area contributed by atoms with E-state index in [1.807, 2.05) is 31.2 Å². The number of rotatable bonds is 8. The number of nitrogens with two attached hydrogens (primary N) is 1. The third-order valence-corrected chi connectivity index (χ3v) is 2.99. The molecule has 0 aliphatic heterocycles. The summed E-state index contributed by atoms with van der Waals surface area (Å²) in [5.41, 5.74) is 6.97. The maximum atomic E-state index is 5.86. The fraction of sp³-hybridized carbons (Fsp3) is 0.500. The van der Waals surface area contributed by atoms with Gasteiger partial charge < -0.3 is 10.5 Å². The number of ether oxygens (including phenoxy) is 1. The molecule has 0 aliphatic carbocycles. The molecule has 0 bridgehead atoms. The monoisotopic (exact) mass is 260 g/mol. The van der Waals surface area contributed by atoms with Crippen molar-refractivity contribution in [1.29, 1.82) is 0 Å². The second-order valence-corrected chi connectivity index (χ2v) is 4.47. The van der Waals surface area contributed by atoms with Crippen molar-refractivity contribution in [3.8, 4) is 18.1 Å². The second kappa shape index (κ2) is 8.58. The van der Waals surface area contributed by atoms with Crippen molar-refractivity contribution in [2.24, 2.45) is 5.73 Å². The van der Waals surface area contributed by atoms with Crippen LogP contribution in [0.15, 0.2) is 24.3 Å². The Morgan fingerprint density at radius 2 is 2.21 bits per heavy atom. The van der Waals surface area contributed by atoms with Crippen LogP contribution in [0.5, 0.6) is 5.75 Å². The van der Waals surface area contributed by atoms with Crippen LogP contribution >= 0.6 is 0 Å². The molecule has 3 N–H and O–H groups in total. The van der Waals surface area contributed by atoms with Gasteiger partial charge >= 0.3 is 0 Å². The van der Waals surface area contributed by atoms with Crippen LogP contribution in [0.25, 0.3) is 0 Å². The molecule has 2 unspecified atom stereocenters. The highest BCUT2D eigenvalue weighted by Gasteiger charge is 2.14. The number of benzene rings is 1. The second-order valence-electron chi connectivity index (χ2n) is 4.47. The molecule has 1 rings (SSSR count). The van der Waals surface area contributed by atoms with E-state index in [-0.39, 0.29) is 12.1 Å². The molecule has 3 nitrogen and oxygen atoms in total. The number of hydrogen-bond acceptors (Lipinski definition) is 3. The fourth-order valence-electron chi connectivity index (χ4n) is 2.03. The quantitative estimate of drug-likeness (QED) is 0.706. The Labute approximate surface area is 116 Å². The van der Waals surface area contributed by atoms with Gasteiger partial charge in [0.2, 0.25) is 0 Å². The molecule has 2 atom stereocenters. The van der Waals surface area contributed by atoms with E-state index in [2.05, 4.69) is 18.2 Å². The lowest BCUT2D eigenvalue weighted by atomic mass is 10.0. The first kappa shape index (κ1) is 15.6. The predicted octanol–water partition coefficient (Wildman–Crippen LogP) is 2.48. The normalized spacial score (nSPS) is 13.6. The predicted molar refractivity (Wildman–Crippen MR) is 80.1 cm³/mol. The molecule has 0 aliphatic rings. The zero-order valence-corrected chi connectivity index (χ0v) is 11.9. The molecular weight excluding hydrogens is 236 g/mol. The molecule has 0 amide bonds. The lowest BCUT2D eigenvalue weighted by Gasteiger charge is -2.22. The molecule has 0 heterocycles. The third kappa shape index (κ3) is 4.94. The summed E-state index contributed by atoms with van der Waals surface area (Å²) in [5.74, 6) is 3.65. The van der Waals surface area contributed by atoms with Gasteiger partial charge in [-0.25, -0.2) is 0 Å². The summed E-state index contributed by atoms with van der Waals surface area (Å²) in [6, 6.07) is 8.13. The lowest BCUT2D eigenvalue weighted by molar-refractivity contribution is 0.339. The van der Waals surface area contributed by atoms with Gasteiger partial charge in [0.25, 0.3) is 0 Å². The van der Waals surface area contributed by atoms with E-state index in [0.717, 1.165) is 24.2 Å². The van der Waals surface area contributed by atoms with E-state index in [4.69, 9.17) is 16.9 Å². The summed E-state index contributed by atoms with van der Waals surface area (Å²) < 4.78 is 5.51. The Morgan fingerprint density at radius 3 is 2.79 bits per heavy atom. The largest absolute Gasteiger partial charge is 0.494 e. The first-order chi connectivity index (χ1) is 9.24. The van der Waals surface area contributed by atoms with Crippen LogP contribution in [0, 0.1) is 12.3 Å². The fourth-order valence-corrected chi connectivity index (χ4v) is 2.03. The van der Waals surface area contributed by atoms with Gasteiger partial charge in [0.1, 0.15) is 5.75 Å². The van der Waals surface area contributed by atoms with E-state index in [0.29, 0.717) is 13.2 Å². The van der Waals surface area contributed by atoms with Crippen LogP contribution < -0.4 is 15.8 Å². The van der Waals surface area contributed by atoms with Crippen molar-refractivity contribution in [3.63, 3.8) is 0 Å². The molecule has 19 heavy (non-hydrogen) atoms. The number of terminal acetylenes is 1. The highest BCUT2D eigenvalue weighted by molar-refractivity contribution is 5.31. The van der Waals surface area contributed by atoms with Crippen molar-refractivity contribution in [2.45, 2.75) is 38.8 Å². The topological polar surface area (TPSA) is 47.3 Å². The maximum absolute atomic E-state index is 5.86. The summed E-state index contributed by atoms with van der Waals surface area (Å²) in [7, 11) is 0. The van der Waals surface area contributed by atoms with Crippen LogP contribution in [0.4, 0.5) is 0 Å². The molecule has 0 radical (unpaired) electrons. The summed E-state index contributed by atoms with van der Waals surface area (Å²) in [5, 5.41) is 3.42. The molecule has 3 heteroatoms. The average molecular weight is 260 g/mol. The zero-order chi connectivity index (χ0) is 14.1. The SMILES string of the molecule is C#CC(CCC)NC(CN)c1cccc(OCC)c1. The number of hydrogen-bond donors (Lipinski definition) is 2. The van der Waals surface area contributed by atoms with Gasteiger partial charge in [0.15, 0.2) is 0 Å². The van der Waals surface area contributed by atoms with Crippen LogP contribution in [0.2, 0.25) is 0 Å². The van der Waals surface area contributed by atoms with Gasteiger partial charge in [-0.3, -0.25) is 5.32 Å². The smallest absolute Gasteiger partial charge is 0.119 e. The molecule has 1 aromatic carbocycles. The van der Waals surface area contributed by atoms with Crippen LogP contribution in [0.3, 0.4) is 0 Å². The molecule has 0 spiro atoms. The minimum absolute atomic E-state index is 0.0630. The maximum Gasteiger partial charge on any atom is 0.119 e. The summed E-state index contributed by atoms with van der Waals surface area (Å²) in [4.78, 5) is 0. The summed E-state index contributed by atoms with van der Waals surface area (Å²) >= 11 is 0. The number of nitrogens with one attached hydrogen (secondary N) is 1. The Kier molecular flexibility index (Phi) is 7.02. The lowest BCUT2D eigenvalue weighted by Crippen LogP contribution is -2.35. The van der Waals surface area contributed by atoms with Gasteiger partial charge in [0.05, 0.1) is 12.6 Å². The molecule has 0 aromatic heterocycles. The van der Waals surface area contributed by atoms with E-state index in [1.165, 1.54) is 0 Å². The van der Waals surface area contributed by atoms with Crippen molar-refractivity contribution in [3.05, 3.63) is 29.8 Å². The molecule has 1 aromatic rings.